The van der Waals surface area contributed by atoms with E-state index in [0.717, 1.165) is 30.8 Å². The van der Waals surface area contributed by atoms with E-state index in [1.807, 2.05) is 29.9 Å². The summed E-state index contributed by atoms with van der Waals surface area (Å²) < 4.78 is 1.91. The van der Waals surface area contributed by atoms with E-state index in [1.54, 1.807) is 6.07 Å². The van der Waals surface area contributed by atoms with Crippen molar-refractivity contribution < 1.29 is 5.11 Å². The van der Waals surface area contributed by atoms with E-state index in [4.69, 9.17) is 0 Å². The van der Waals surface area contributed by atoms with Gasteiger partial charge in [0.25, 0.3) is 0 Å². The number of nitrogens with zero attached hydrogens (tertiary/aromatic N) is 2. The van der Waals surface area contributed by atoms with Crippen molar-refractivity contribution in [2.45, 2.75) is 13.0 Å². The first-order chi connectivity index (χ1) is 8.27. The van der Waals surface area contributed by atoms with Crippen LogP contribution >= 0.6 is 0 Å². The molecule has 0 saturated carbocycles. The van der Waals surface area contributed by atoms with Crippen LogP contribution in [0.2, 0.25) is 0 Å². The number of phenols is 1. The lowest BCUT2D eigenvalue weighted by Crippen LogP contribution is -2.24. The highest BCUT2D eigenvalue weighted by atomic mass is 16.3. The zero-order chi connectivity index (χ0) is 11.8. The topological polar surface area (TPSA) is 50.1 Å². The molecule has 0 fully saturated rings. The van der Waals surface area contributed by atoms with E-state index in [9.17, 15) is 5.11 Å². The number of aryl methyl sites for hydroxylation is 1. The number of aromatic hydroxyl groups is 1. The van der Waals surface area contributed by atoms with Gasteiger partial charge in [0.05, 0.1) is 11.4 Å². The van der Waals surface area contributed by atoms with Crippen LogP contribution in [0.15, 0.2) is 24.3 Å². The first kappa shape index (κ1) is 10.4. The summed E-state index contributed by atoms with van der Waals surface area (Å²) in [6.07, 6.45) is 0.965. The summed E-state index contributed by atoms with van der Waals surface area (Å²) in [6.45, 7) is 1.83. The highest BCUT2D eigenvalue weighted by Crippen LogP contribution is 2.32. The van der Waals surface area contributed by atoms with Crippen LogP contribution in [0.25, 0.3) is 11.3 Å². The average Bonchev–Trinajstić information content (AvgIpc) is 2.68. The van der Waals surface area contributed by atoms with Crippen LogP contribution in [0.1, 0.15) is 11.3 Å². The Kier molecular flexibility index (Phi) is 2.37. The van der Waals surface area contributed by atoms with Crippen molar-refractivity contribution in [1.29, 1.82) is 0 Å². The third-order valence-corrected chi connectivity index (χ3v) is 3.28. The van der Waals surface area contributed by atoms with Gasteiger partial charge in [-0.3, -0.25) is 4.68 Å². The van der Waals surface area contributed by atoms with Gasteiger partial charge in [-0.25, -0.2) is 0 Å². The Morgan fingerprint density at radius 2 is 2.18 bits per heavy atom. The van der Waals surface area contributed by atoms with E-state index < -0.39 is 0 Å². The minimum atomic E-state index is 0.298. The monoisotopic (exact) mass is 229 g/mol. The minimum absolute atomic E-state index is 0.298. The number of hydrogen-bond donors (Lipinski definition) is 2. The minimum Gasteiger partial charge on any atom is -0.507 e. The van der Waals surface area contributed by atoms with Crippen molar-refractivity contribution in [2.75, 3.05) is 6.54 Å². The van der Waals surface area contributed by atoms with Crippen LogP contribution in [0, 0.1) is 0 Å². The summed E-state index contributed by atoms with van der Waals surface area (Å²) >= 11 is 0. The molecule has 2 heterocycles. The van der Waals surface area contributed by atoms with Crippen LogP contribution in [0.3, 0.4) is 0 Å². The molecule has 1 aromatic heterocycles. The largest absolute Gasteiger partial charge is 0.507 e. The smallest absolute Gasteiger partial charge is 0.125 e. The molecule has 1 aromatic carbocycles. The molecule has 88 valence electrons. The maximum atomic E-state index is 9.91. The lowest BCUT2D eigenvalue weighted by molar-refractivity contribution is 0.477. The van der Waals surface area contributed by atoms with Crippen LogP contribution in [0.5, 0.6) is 5.75 Å². The predicted molar refractivity (Wildman–Crippen MR) is 65.7 cm³/mol. The van der Waals surface area contributed by atoms with Crippen molar-refractivity contribution in [3.63, 3.8) is 0 Å². The maximum absolute atomic E-state index is 9.91. The summed E-state index contributed by atoms with van der Waals surface area (Å²) in [6, 6.07) is 7.38. The first-order valence-electron chi connectivity index (χ1n) is 5.81. The van der Waals surface area contributed by atoms with E-state index >= 15 is 0 Å². The Bertz CT molecular complexity index is 560. The number of benzene rings is 1. The first-order valence-corrected chi connectivity index (χ1v) is 5.81. The molecule has 1 aliphatic heterocycles. The molecule has 2 aromatic rings. The number of hydrogen-bond acceptors (Lipinski definition) is 3. The fourth-order valence-corrected chi connectivity index (χ4v) is 2.40. The Hall–Kier alpha value is -1.81. The van der Waals surface area contributed by atoms with Gasteiger partial charge in [-0.15, -0.1) is 0 Å². The van der Waals surface area contributed by atoms with Crippen LogP contribution in [0.4, 0.5) is 0 Å². The van der Waals surface area contributed by atoms with Crippen LogP contribution < -0.4 is 5.32 Å². The lowest BCUT2D eigenvalue weighted by Gasteiger charge is -2.14. The molecule has 0 unspecified atom stereocenters. The molecule has 4 heteroatoms. The second-order valence-electron chi connectivity index (χ2n) is 4.34. The summed E-state index contributed by atoms with van der Waals surface area (Å²) in [7, 11) is 1.95. The third-order valence-electron chi connectivity index (χ3n) is 3.28. The van der Waals surface area contributed by atoms with Gasteiger partial charge in [-0.05, 0) is 25.1 Å². The summed E-state index contributed by atoms with van der Waals surface area (Å²) in [5.41, 5.74) is 4.22. The fourth-order valence-electron chi connectivity index (χ4n) is 2.40. The average molecular weight is 229 g/mol. The zero-order valence-corrected chi connectivity index (χ0v) is 9.77. The van der Waals surface area contributed by atoms with Crippen LogP contribution in [-0.2, 0) is 20.0 Å². The molecular formula is C13H15N3O. The third kappa shape index (κ3) is 1.61. The molecule has 0 amide bonds. The highest BCUT2D eigenvalue weighted by molar-refractivity contribution is 5.70. The molecule has 0 bridgehead atoms. The van der Waals surface area contributed by atoms with Gasteiger partial charge in [0.2, 0.25) is 0 Å². The highest BCUT2D eigenvalue weighted by Gasteiger charge is 2.21. The molecule has 2 N–H and O–H groups in total. The van der Waals surface area contributed by atoms with Crippen molar-refractivity contribution in [2.24, 2.45) is 7.05 Å². The number of nitrogens with one attached hydrogen (secondary N) is 1. The van der Waals surface area contributed by atoms with Gasteiger partial charge in [0.1, 0.15) is 5.75 Å². The molecule has 0 saturated heterocycles. The molecule has 0 aliphatic carbocycles. The van der Waals surface area contributed by atoms with Crippen molar-refractivity contribution >= 4 is 0 Å². The normalized spacial score (nSPS) is 14.6. The van der Waals surface area contributed by atoms with Crippen molar-refractivity contribution in [3.8, 4) is 17.0 Å². The van der Waals surface area contributed by atoms with Crippen molar-refractivity contribution in [3.05, 3.63) is 35.5 Å². The Morgan fingerprint density at radius 3 is 3.00 bits per heavy atom. The van der Waals surface area contributed by atoms with Crippen LogP contribution in [-0.4, -0.2) is 21.4 Å². The Morgan fingerprint density at radius 1 is 1.35 bits per heavy atom. The molecule has 0 spiro atoms. The molecule has 4 nitrogen and oxygen atoms in total. The van der Waals surface area contributed by atoms with E-state index in [2.05, 4.69) is 10.4 Å². The van der Waals surface area contributed by atoms with Gasteiger partial charge in [-0.2, -0.15) is 5.10 Å². The Balaban J connectivity index is 2.19. The maximum Gasteiger partial charge on any atom is 0.125 e. The standard InChI is InChI=1S/C13H15N3O/c1-16-11-8-14-7-6-9(11)13(15-16)10-4-2-3-5-12(10)17/h2-5,14,17H,6-8H2,1H3. The molecule has 3 rings (SSSR count). The van der Waals surface area contributed by atoms with Gasteiger partial charge in [-0.1, -0.05) is 12.1 Å². The second-order valence-corrected chi connectivity index (χ2v) is 4.34. The van der Waals surface area contributed by atoms with Gasteiger partial charge in [0.15, 0.2) is 0 Å². The molecule has 0 radical (unpaired) electrons. The zero-order valence-electron chi connectivity index (χ0n) is 9.77. The van der Waals surface area contributed by atoms with E-state index in [1.165, 1.54) is 11.3 Å². The fraction of sp³-hybridized carbons (Fsp3) is 0.308. The number of para-hydroxylation sites is 1. The quantitative estimate of drug-likeness (QED) is 0.778. The van der Waals surface area contributed by atoms with E-state index in [0.29, 0.717) is 5.75 Å². The number of rotatable bonds is 1. The lowest BCUT2D eigenvalue weighted by atomic mass is 10.0. The molecule has 0 atom stereocenters. The number of aromatic nitrogens is 2. The number of fused-ring (bicyclic) bond motifs is 1. The Labute approximate surface area is 99.9 Å². The van der Waals surface area contributed by atoms with Crippen molar-refractivity contribution in [1.82, 2.24) is 15.1 Å². The second kappa shape index (κ2) is 3.89. The number of phenolic OH excluding ortho intramolecular Hbond substituents is 1. The summed E-state index contributed by atoms with van der Waals surface area (Å²) in [5, 5.41) is 17.8. The van der Waals surface area contributed by atoms with E-state index in [-0.39, 0.29) is 0 Å². The van der Waals surface area contributed by atoms with Gasteiger partial charge < -0.3 is 10.4 Å². The van der Waals surface area contributed by atoms with Gasteiger partial charge >= 0.3 is 0 Å². The SMILES string of the molecule is Cn1nc(-c2ccccc2O)c2c1CNCC2. The molecule has 17 heavy (non-hydrogen) atoms. The molecule has 1 aliphatic rings. The van der Waals surface area contributed by atoms with Gasteiger partial charge in [0, 0.05) is 24.7 Å². The predicted octanol–water partition coefficient (Wildman–Crippen LogP) is 1.44. The summed E-state index contributed by atoms with van der Waals surface area (Å²) in [5.74, 6) is 0.298. The summed E-state index contributed by atoms with van der Waals surface area (Å²) in [4.78, 5) is 0. The molecular weight excluding hydrogens is 214 g/mol.